The van der Waals surface area contributed by atoms with E-state index in [1.807, 2.05) is 0 Å². The largest absolute Gasteiger partial charge is 0.507 e. The minimum Gasteiger partial charge on any atom is -0.507 e. The SMILES string of the molecule is COc1ccc(-c2nc(-c3ccc(OCCCNC(=O)CCN4C(=O)C=CC4=O)cc3O)nc(-c3ccc(OCCCNC(=O)CCN4C(=O)C=CC4O)cc3O)n2)cc1. The van der Waals surface area contributed by atoms with Gasteiger partial charge in [-0.25, -0.2) is 15.0 Å². The fourth-order valence-corrected chi connectivity index (χ4v) is 6.05. The first kappa shape index (κ1) is 42.3. The van der Waals surface area contributed by atoms with Crippen molar-refractivity contribution < 1.29 is 53.5 Å². The van der Waals surface area contributed by atoms with E-state index in [1.54, 1.807) is 55.6 Å². The lowest BCUT2D eigenvalue weighted by Gasteiger charge is -2.19. The number of carbonyl (C=O) groups excluding carboxylic acids is 5. The highest BCUT2D eigenvalue weighted by Gasteiger charge is 2.25. The molecule has 0 spiro atoms. The van der Waals surface area contributed by atoms with Crippen molar-refractivity contribution in [2.45, 2.75) is 31.9 Å². The van der Waals surface area contributed by atoms with Crippen LogP contribution in [-0.4, -0.2) is 122 Å². The van der Waals surface area contributed by atoms with Crippen molar-refractivity contribution in [1.29, 1.82) is 0 Å². The highest BCUT2D eigenvalue weighted by atomic mass is 16.5. The number of hydrogen-bond acceptors (Lipinski definition) is 14. The van der Waals surface area contributed by atoms with Crippen molar-refractivity contribution in [2.75, 3.05) is 46.5 Å². The fraction of sp³-hybridized carbons (Fsp3) is 0.286. The molecule has 1 aromatic heterocycles. The summed E-state index contributed by atoms with van der Waals surface area (Å²) in [5, 5.41) is 37.5. The maximum Gasteiger partial charge on any atom is 0.253 e. The molecule has 4 aromatic rings. The fourth-order valence-electron chi connectivity index (χ4n) is 6.05. The number of aromatic hydroxyl groups is 2. The Morgan fingerprint density at radius 1 is 0.667 bits per heavy atom. The van der Waals surface area contributed by atoms with Gasteiger partial charge in [-0.05, 0) is 67.4 Å². The molecule has 3 aromatic carbocycles. The molecule has 5 amide bonds. The molecule has 5 N–H and O–H groups in total. The molecule has 0 aliphatic carbocycles. The average molecular weight is 822 g/mol. The maximum atomic E-state index is 12.2. The maximum absolute atomic E-state index is 12.2. The third kappa shape index (κ3) is 11.0. The molecule has 6 rings (SSSR count). The summed E-state index contributed by atoms with van der Waals surface area (Å²) in [4.78, 5) is 75.5. The second kappa shape index (κ2) is 19.9. The quantitative estimate of drug-likeness (QED) is 0.0636. The number of methoxy groups -OCH3 is 1. The Kier molecular flexibility index (Phi) is 14.0. The number of nitrogens with one attached hydrogen (secondary N) is 2. The smallest absolute Gasteiger partial charge is 0.253 e. The van der Waals surface area contributed by atoms with Crippen LogP contribution >= 0.6 is 0 Å². The van der Waals surface area contributed by atoms with Gasteiger partial charge in [0.2, 0.25) is 17.7 Å². The van der Waals surface area contributed by atoms with E-state index >= 15 is 0 Å². The molecular weight excluding hydrogens is 778 g/mol. The molecule has 2 aliphatic heterocycles. The van der Waals surface area contributed by atoms with Crippen LogP contribution in [-0.2, 0) is 24.0 Å². The Morgan fingerprint density at radius 2 is 1.17 bits per heavy atom. The van der Waals surface area contributed by atoms with E-state index in [4.69, 9.17) is 14.2 Å². The van der Waals surface area contributed by atoms with Gasteiger partial charge in [0.15, 0.2) is 17.5 Å². The highest BCUT2D eigenvalue weighted by molar-refractivity contribution is 6.13. The van der Waals surface area contributed by atoms with E-state index in [0.717, 1.165) is 4.90 Å². The van der Waals surface area contributed by atoms with E-state index in [0.29, 0.717) is 48.7 Å². The second-order valence-electron chi connectivity index (χ2n) is 13.5. The first-order valence-corrected chi connectivity index (χ1v) is 19.1. The van der Waals surface area contributed by atoms with Crippen LogP contribution in [0, 0.1) is 0 Å². The number of ether oxygens (including phenoxy) is 3. The zero-order valence-corrected chi connectivity index (χ0v) is 32.6. The molecule has 1 unspecified atom stereocenters. The standard InChI is InChI=1S/C42H43N7O11/c1-58-27-6-4-26(5-7-27)40-45-41(30-10-8-28(24-32(30)50)59-22-2-18-43-34(52)16-20-48-36(54)12-13-37(48)55)47-42(46-40)31-11-9-29(25-33(31)51)60-23-3-19-44-35(53)17-21-49-38(56)14-15-39(49)57/h4-15,24-25,36,50-51,54H,2-3,16-23H2,1H3,(H,43,52)(H,44,53). The molecular formula is C42H43N7O11. The Morgan fingerprint density at radius 3 is 1.65 bits per heavy atom. The monoisotopic (exact) mass is 821 g/mol. The van der Waals surface area contributed by atoms with Crippen molar-refractivity contribution in [3.63, 3.8) is 0 Å². The summed E-state index contributed by atoms with van der Waals surface area (Å²) in [6.07, 6.45) is 4.87. The summed E-state index contributed by atoms with van der Waals surface area (Å²) in [7, 11) is 1.55. The molecule has 18 nitrogen and oxygen atoms in total. The lowest BCUT2D eigenvalue weighted by molar-refractivity contribution is -0.137. The van der Waals surface area contributed by atoms with Crippen molar-refractivity contribution in [2.24, 2.45) is 0 Å². The van der Waals surface area contributed by atoms with Gasteiger partial charge in [-0.3, -0.25) is 28.9 Å². The molecule has 312 valence electrons. The van der Waals surface area contributed by atoms with Crippen LogP contribution in [0.2, 0.25) is 0 Å². The van der Waals surface area contributed by atoms with Crippen LogP contribution in [0.4, 0.5) is 0 Å². The molecule has 0 saturated carbocycles. The second-order valence-corrected chi connectivity index (χ2v) is 13.5. The Hall–Kier alpha value is -7.34. The lowest BCUT2D eigenvalue weighted by Crippen LogP contribution is -2.37. The number of phenolic OH excluding ortho intramolecular Hbond substituents is 2. The molecule has 3 heterocycles. The summed E-state index contributed by atoms with van der Waals surface area (Å²) >= 11 is 0. The van der Waals surface area contributed by atoms with Gasteiger partial charge in [0.25, 0.3) is 11.8 Å². The van der Waals surface area contributed by atoms with Crippen LogP contribution in [0.25, 0.3) is 34.2 Å². The van der Waals surface area contributed by atoms with Gasteiger partial charge in [0, 0.05) is 74.9 Å². The minimum atomic E-state index is -1.02. The minimum absolute atomic E-state index is 0.00385. The summed E-state index contributed by atoms with van der Waals surface area (Å²) in [6.45, 7) is 1.14. The number of aromatic nitrogens is 3. The van der Waals surface area contributed by atoms with E-state index < -0.39 is 18.0 Å². The number of hydrogen-bond donors (Lipinski definition) is 5. The Balaban J connectivity index is 1.05. The molecule has 1 atom stereocenters. The van der Waals surface area contributed by atoms with E-state index in [9.17, 15) is 39.3 Å². The number of amides is 5. The van der Waals surface area contributed by atoms with Crippen LogP contribution in [0.3, 0.4) is 0 Å². The van der Waals surface area contributed by atoms with E-state index in [-0.39, 0.29) is 97.0 Å². The summed E-state index contributed by atoms with van der Waals surface area (Å²) in [6, 6.07) is 16.3. The predicted molar refractivity (Wildman–Crippen MR) is 214 cm³/mol. The summed E-state index contributed by atoms with van der Waals surface area (Å²) in [5.41, 5.74) is 1.16. The number of carbonyl (C=O) groups is 5. The molecule has 60 heavy (non-hydrogen) atoms. The molecule has 2 aliphatic rings. The molecule has 0 bridgehead atoms. The van der Waals surface area contributed by atoms with Gasteiger partial charge in [0.05, 0.1) is 31.5 Å². The van der Waals surface area contributed by atoms with Crippen LogP contribution in [0.5, 0.6) is 28.7 Å². The topological polar surface area (TPSA) is 243 Å². The zero-order valence-electron chi connectivity index (χ0n) is 32.6. The third-order valence-electron chi connectivity index (χ3n) is 9.28. The predicted octanol–water partition coefficient (Wildman–Crippen LogP) is 2.48. The lowest BCUT2D eigenvalue weighted by atomic mass is 10.1. The van der Waals surface area contributed by atoms with Gasteiger partial charge >= 0.3 is 0 Å². The van der Waals surface area contributed by atoms with Crippen LogP contribution < -0.4 is 24.8 Å². The number of imide groups is 1. The highest BCUT2D eigenvalue weighted by Crippen LogP contribution is 2.36. The molecule has 0 radical (unpaired) electrons. The van der Waals surface area contributed by atoms with E-state index in [2.05, 4.69) is 25.6 Å². The number of benzene rings is 3. The number of rotatable bonds is 20. The van der Waals surface area contributed by atoms with Gasteiger partial charge in [-0.2, -0.15) is 0 Å². The summed E-state index contributed by atoms with van der Waals surface area (Å²) in [5.74, 6) is -0.321. The Labute approximate surface area is 344 Å². The first-order valence-electron chi connectivity index (χ1n) is 19.1. The molecule has 0 saturated heterocycles. The number of aliphatic hydroxyl groups is 1. The average Bonchev–Trinajstić information content (AvgIpc) is 3.75. The van der Waals surface area contributed by atoms with Crippen LogP contribution in [0.1, 0.15) is 25.7 Å². The molecule has 0 fully saturated rings. The van der Waals surface area contributed by atoms with Gasteiger partial charge in [-0.15, -0.1) is 0 Å². The van der Waals surface area contributed by atoms with Gasteiger partial charge in [0.1, 0.15) is 35.0 Å². The van der Waals surface area contributed by atoms with Crippen molar-refractivity contribution in [3.05, 3.63) is 85.0 Å². The van der Waals surface area contributed by atoms with Gasteiger partial charge in [-0.1, -0.05) is 0 Å². The Bertz CT molecular complexity index is 2280. The molecule has 18 heteroatoms. The van der Waals surface area contributed by atoms with Crippen LogP contribution in [0.15, 0.2) is 85.0 Å². The number of phenols is 2. The normalized spacial score (nSPS) is 14.5. The van der Waals surface area contributed by atoms with Crippen molar-refractivity contribution in [3.8, 4) is 62.9 Å². The van der Waals surface area contributed by atoms with Crippen molar-refractivity contribution in [1.82, 2.24) is 35.4 Å². The van der Waals surface area contributed by atoms with Crippen molar-refractivity contribution >= 4 is 29.5 Å². The summed E-state index contributed by atoms with van der Waals surface area (Å²) < 4.78 is 16.9. The third-order valence-corrected chi connectivity index (χ3v) is 9.28. The first-order chi connectivity index (χ1) is 29.0. The number of nitrogens with zero attached hydrogens (tertiary/aromatic N) is 5. The zero-order chi connectivity index (χ0) is 42.6. The van der Waals surface area contributed by atoms with E-state index in [1.165, 1.54) is 41.3 Å². The number of aliphatic hydroxyl groups excluding tert-OH is 1. The van der Waals surface area contributed by atoms with Gasteiger partial charge < -0.3 is 45.1 Å².